The van der Waals surface area contributed by atoms with E-state index in [9.17, 15) is 24.4 Å². The number of benzene rings is 2. The van der Waals surface area contributed by atoms with Crippen molar-refractivity contribution in [3.05, 3.63) is 71.8 Å². The average Bonchev–Trinajstić information content (AvgIpc) is 2.85. The maximum atomic E-state index is 14.1. The van der Waals surface area contributed by atoms with E-state index < -0.39 is 51.5 Å². The molecule has 1 unspecified atom stereocenters. The number of carboxylic acid groups (broad SMARTS) is 2. The minimum atomic E-state index is -4.05. The Hall–Kier alpha value is -2.29. The van der Waals surface area contributed by atoms with Gasteiger partial charge in [0, 0.05) is 5.92 Å². The minimum Gasteiger partial charge on any atom is -0.481 e. The Morgan fingerprint density at radius 2 is 1.29 bits per heavy atom. The van der Waals surface area contributed by atoms with Crippen molar-refractivity contribution in [2.45, 2.75) is 72.1 Å². The molecule has 2 N–H and O–H groups in total. The Kier molecular flexibility index (Phi) is 10.7. The molecule has 0 fully saturated rings. The van der Waals surface area contributed by atoms with Gasteiger partial charge in [-0.2, -0.15) is 0 Å². The van der Waals surface area contributed by atoms with Gasteiger partial charge >= 0.3 is 19.5 Å². The quantitative estimate of drug-likeness (QED) is 0.190. The summed E-state index contributed by atoms with van der Waals surface area (Å²) < 4.78 is 32.0. The molecule has 0 heterocycles. The molecule has 0 aliphatic carbocycles. The lowest BCUT2D eigenvalue weighted by Crippen LogP contribution is -2.53. The molecule has 210 valence electrons. The Morgan fingerprint density at radius 3 is 1.63 bits per heavy atom. The molecule has 0 aromatic heterocycles. The first-order valence-corrected chi connectivity index (χ1v) is 17.2. The second kappa shape index (κ2) is 12.7. The zero-order chi connectivity index (χ0) is 28.8. The maximum Gasteiger partial charge on any atom is 0.332 e. The molecule has 38 heavy (non-hydrogen) atoms. The Balaban J connectivity index is 2.42. The zero-order valence-electron chi connectivity index (χ0n) is 23.3. The second-order valence-corrected chi connectivity index (χ2v) is 18.2. The molecule has 3 atom stereocenters. The highest BCUT2D eigenvalue weighted by Crippen LogP contribution is 2.56. The summed E-state index contributed by atoms with van der Waals surface area (Å²) in [5, 5.41) is 20.2. The van der Waals surface area contributed by atoms with Crippen LogP contribution in [0.15, 0.2) is 60.7 Å². The van der Waals surface area contributed by atoms with Crippen LogP contribution in [0.5, 0.6) is 0 Å². The highest BCUT2D eigenvalue weighted by molar-refractivity contribution is 7.53. The van der Waals surface area contributed by atoms with Gasteiger partial charge in [-0.1, -0.05) is 88.4 Å². The van der Waals surface area contributed by atoms with E-state index in [-0.39, 0.29) is 18.3 Å². The van der Waals surface area contributed by atoms with Crippen molar-refractivity contribution in [1.29, 1.82) is 0 Å². The molecular formula is C28H41O8PSi. The first-order valence-electron chi connectivity index (χ1n) is 12.6. The van der Waals surface area contributed by atoms with Crippen LogP contribution in [0.3, 0.4) is 0 Å². The van der Waals surface area contributed by atoms with Gasteiger partial charge in [-0.05, 0) is 36.2 Å². The SMILES string of the molecule is CC([C@H](O[Si](C)(C)C(C)(C)C)C(=O)O)[C@](C)(CP(=O)(OCc1ccccc1)OCc1ccccc1)C(=O)O. The van der Waals surface area contributed by atoms with Crippen LogP contribution in [0.25, 0.3) is 0 Å². The van der Waals surface area contributed by atoms with Crippen LogP contribution < -0.4 is 0 Å². The van der Waals surface area contributed by atoms with Gasteiger partial charge in [0.2, 0.25) is 0 Å². The van der Waals surface area contributed by atoms with E-state index in [0.717, 1.165) is 11.1 Å². The number of hydrogen-bond donors (Lipinski definition) is 2. The third-order valence-electron chi connectivity index (χ3n) is 7.48. The third kappa shape index (κ3) is 8.35. The Bertz CT molecular complexity index is 1070. The highest BCUT2D eigenvalue weighted by atomic mass is 31.2. The summed E-state index contributed by atoms with van der Waals surface area (Å²) in [4.78, 5) is 25.1. The van der Waals surface area contributed by atoms with Crippen molar-refractivity contribution in [3.63, 3.8) is 0 Å². The lowest BCUT2D eigenvalue weighted by atomic mass is 9.76. The van der Waals surface area contributed by atoms with E-state index in [1.54, 1.807) is 24.3 Å². The number of carbonyl (C=O) groups is 2. The predicted molar refractivity (Wildman–Crippen MR) is 150 cm³/mol. The van der Waals surface area contributed by atoms with Gasteiger partial charge in [-0.25, -0.2) is 4.79 Å². The monoisotopic (exact) mass is 564 g/mol. The van der Waals surface area contributed by atoms with Crippen molar-refractivity contribution in [2.75, 3.05) is 6.16 Å². The summed E-state index contributed by atoms with van der Waals surface area (Å²) in [7, 11) is -6.64. The molecule has 0 saturated heterocycles. The van der Waals surface area contributed by atoms with Gasteiger partial charge in [-0.3, -0.25) is 9.36 Å². The summed E-state index contributed by atoms with van der Waals surface area (Å²) in [6, 6.07) is 18.1. The van der Waals surface area contributed by atoms with Gasteiger partial charge in [0.25, 0.3) is 0 Å². The smallest absolute Gasteiger partial charge is 0.332 e. The van der Waals surface area contributed by atoms with E-state index in [4.69, 9.17) is 13.5 Å². The van der Waals surface area contributed by atoms with Crippen molar-refractivity contribution >= 4 is 27.9 Å². The van der Waals surface area contributed by atoms with Crippen LogP contribution >= 0.6 is 7.60 Å². The molecular weight excluding hydrogens is 523 g/mol. The van der Waals surface area contributed by atoms with Gasteiger partial charge in [0.05, 0.1) is 24.8 Å². The molecule has 0 radical (unpaired) electrons. The van der Waals surface area contributed by atoms with E-state index in [1.165, 1.54) is 13.8 Å². The number of hydrogen-bond acceptors (Lipinski definition) is 6. The molecule has 0 spiro atoms. The molecule has 2 aromatic rings. The summed E-state index contributed by atoms with van der Waals surface area (Å²) in [5.74, 6) is -3.62. The molecule has 0 aliphatic rings. The molecule has 0 saturated carbocycles. The zero-order valence-corrected chi connectivity index (χ0v) is 25.2. The number of carboxylic acids is 2. The van der Waals surface area contributed by atoms with Crippen LogP contribution in [0.1, 0.15) is 45.7 Å². The third-order valence-corrected chi connectivity index (χ3v) is 14.0. The molecule has 2 aromatic carbocycles. The Labute approximate surface area is 227 Å². The molecule has 0 bridgehead atoms. The first-order chi connectivity index (χ1) is 17.5. The minimum absolute atomic E-state index is 0.0557. The summed E-state index contributed by atoms with van der Waals surface area (Å²) in [6.45, 7) is 12.5. The molecule has 0 amide bonds. The van der Waals surface area contributed by atoms with Crippen molar-refractivity contribution in [2.24, 2.45) is 11.3 Å². The van der Waals surface area contributed by atoms with Crippen LogP contribution in [0.4, 0.5) is 0 Å². The molecule has 2 rings (SSSR count). The Morgan fingerprint density at radius 1 is 0.868 bits per heavy atom. The fourth-order valence-electron chi connectivity index (χ4n) is 3.63. The number of rotatable bonds is 14. The predicted octanol–water partition coefficient (Wildman–Crippen LogP) is 6.82. The normalized spacial score (nSPS) is 15.9. The van der Waals surface area contributed by atoms with Crippen molar-refractivity contribution < 1.29 is 37.8 Å². The summed E-state index contributed by atoms with van der Waals surface area (Å²) in [6.07, 6.45) is -1.95. The van der Waals surface area contributed by atoms with E-state index >= 15 is 0 Å². The van der Waals surface area contributed by atoms with Gasteiger partial charge in [0.1, 0.15) is 6.10 Å². The molecule has 8 nitrogen and oxygen atoms in total. The van der Waals surface area contributed by atoms with Gasteiger partial charge < -0.3 is 23.7 Å². The van der Waals surface area contributed by atoms with E-state index in [0.29, 0.717) is 0 Å². The topological polar surface area (TPSA) is 119 Å². The first kappa shape index (κ1) is 31.9. The second-order valence-electron chi connectivity index (χ2n) is 11.4. The van der Waals surface area contributed by atoms with E-state index in [1.807, 2.05) is 70.3 Å². The van der Waals surface area contributed by atoms with Crippen LogP contribution in [0.2, 0.25) is 18.1 Å². The van der Waals surface area contributed by atoms with Crippen molar-refractivity contribution in [1.82, 2.24) is 0 Å². The lowest BCUT2D eigenvalue weighted by molar-refractivity contribution is -0.159. The van der Waals surface area contributed by atoms with Crippen LogP contribution in [0, 0.1) is 11.3 Å². The van der Waals surface area contributed by atoms with Gasteiger partial charge in [0.15, 0.2) is 8.32 Å². The summed E-state index contributed by atoms with van der Waals surface area (Å²) in [5.41, 5.74) is -0.314. The van der Waals surface area contributed by atoms with Crippen molar-refractivity contribution in [3.8, 4) is 0 Å². The van der Waals surface area contributed by atoms with Crippen LogP contribution in [-0.4, -0.2) is 42.7 Å². The maximum absolute atomic E-state index is 14.1. The van der Waals surface area contributed by atoms with Crippen LogP contribution in [-0.2, 0) is 40.8 Å². The fraction of sp³-hybridized carbons (Fsp3) is 0.500. The van der Waals surface area contributed by atoms with E-state index in [2.05, 4.69) is 0 Å². The lowest BCUT2D eigenvalue weighted by Gasteiger charge is -2.43. The highest BCUT2D eigenvalue weighted by Gasteiger charge is 2.53. The standard InChI is InChI=1S/C28H41O8PSi/c1-21(24(25(29)30)36-38(6,7)27(2,3)4)28(5,26(31)32)20-37(33,34-18-22-14-10-8-11-15-22)35-19-23-16-12-9-13-17-23/h8-17,21,24H,18-20H2,1-7H3,(H,29,30)(H,31,32)/t21?,24-,28-/m0/s1. The largest absolute Gasteiger partial charge is 0.481 e. The van der Waals surface area contributed by atoms with Gasteiger partial charge in [-0.15, -0.1) is 0 Å². The summed E-state index contributed by atoms with van der Waals surface area (Å²) >= 11 is 0. The molecule has 0 aliphatic heterocycles. The molecule has 10 heteroatoms. The number of aliphatic carboxylic acids is 2. The average molecular weight is 565 g/mol. The fourth-order valence-corrected chi connectivity index (χ4v) is 7.10.